The summed E-state index contributed by atoms with van der Waals surface area (Å²) in [6, 6.07) is 10.3. The molecule has 0 aliphatic carbocycles. The summed E-state index contributed by atoms with van der Waals surface area (Å²) in [7, 11) is 4.05. The van der Waals surface area contributed by atoms with Gasteiger partial charge in [-0.2, -0.15) is 0 Å². The number of nitrogens with zero attached hydrogens (tertiary/aromatic N) is 3. The van der Waals surface area contributed by atoms with Crippen LogP contribution in [0, 0.1) is 6.92 Å². The molecule has 1 heterocycles. The molecule has 132 valence electrons. The lowest BCUT2D eigenvalue weighted by Gasteiger charge is -2.17. The maximum atomic E-state index is 4.67. The Morgan fingerprint density at radius 3 is 2.58 bits per heavy atom. The van der Waals surface area contributed by atoms with E-state index in [0.717, 1.165) is 37.5 Å². The Labute approximate surface area is 166 Å². The summed E-state index contributed by atoms with van der Waals surface area (Å²) in [5.74, 6) is 0.943. The lowest BCUT2D eigenvalue weighted by Crippen LogP contribution is -2.37. The first-order valence-electron chi connectivity index (χ1n) is 8.05. The van der Waals surface area contributed by atoms with Crippen molar-refractivity contribution in [2.45, 2.75) is 32.7 Å². The summed E-state index contributed by atoms with van der Waals surface area (Å²) >= 11 is 1.76. The number of aromatic nitrogens is 1. The summed E-state index contributed by atoms with van der Waals surface area (Å²) in [5.41, 5.74) is 2.36. The highest BCUT2D eigenvalue weighted by Crippen LogP contribution is 2.11. The fraction of sp³-hybridized carbons (Fsp3) is 0.444. The number of nitrogens with one attached hydrogen (secondary N) is 1. The highest BCUT2D eigenvalue weighted by Gasteiger charge is 2.02. The predicted molar refractivity (Wildman–Crippen MR) is 114 cm³/mol. The molecule has 2 rings (SSSR count). The Balaban J connectivity index is 0.00000288. The average Bonchev–Trinajstić information content (AvgIpc) is 2.96. The van der Waals surface area contributed by atoms with Crippen LogP contribution >= 0.6 is 35.3 Å². The van der Waals surface area contributed by atoms with Gasteiger partial charge in [0.05, 0.1) is 11.6 Å². The molecule has 6 heteroatoms. The Morgan fingerprint density at radius 1 is 1.21 bits per heavy atom. The van der Waals surface area contributed by atoms with Crippen LogP contribution in [-0.2, 0) is 13.0 Å². The van der Waals surface area contributed by atoms with Crippen molar-refractivity contribution >= 4 is 41.3 Å². The zero-order valence-electron chi connectivity index (χ0n) is 14.7. The first-order chi connectivity index (χ1) is 11.1. The highest BCUT2D eigenvalue weighted by molar-refractivity contribution is 14.0. The van der Waals surface area contributed by atoms with E-state index in [2.05, 4.69) is 32.8 Å². The number of unbranched alkanes of at least 4 members (excludes halogenated alkanes) is 1. The third kappa shape index (κ3) is 7.61. The highest BCUT2D eigenvalue weighted by atomic mass is 127. The van der Waals surface area contributed by atoms with Crippen molar-refractivity contribution in [1.82, 2.24) is 15.2 Å². The van der Waals surface area contributed by atoms with Gasteiger partial charge < -0.3 is 10.2 Å². The van der Waals surface area contributed by atoms with Crippen LogP contribution in [0.2, 0.25) is 0 Å². The second kappa shape index (κ2) is 11.4. The van der Waals surface area contributed by atoms with E-state index in [1.807, 2.05) is 44.1 Å². The molecule has 0 atom stereocenters. The molecule has 2 aromatic rings. The molecule has 0 radical (unpaired) electrons. The van der Waals surface area contributed by atoms with E-state index in [-0.39, 0.29) is 24.0 Å². The summed E-state index contributed by atoms with van der Waals surface area (Å²) in [5, 5.41) is 6.80. The molecular formula is C18H27IN4S. The molecule has 0 amide bonds. The van der Waals surface area contributed by atoms with E-state index in [0.29, 0.717) is 6.54 Å². The van der Waals surface area contributed by atoms with Crippen molar-refractivity contribution in [2.75, 3.05) is 20.6 Å². The average molecular weight is 458 g/mol. The predicted octanol–water partition coefficient (Wildman–Crippen LogP) is 4.10. The molecule has 4 nitrogen and oxygen atoms in total. The first-order valence-corrected chi connectivity index (χ1v) is 8.93. The topological polar surface area (TPSA) is 40.5 Å². The zero-order chi connectivity index (χ0) is 16.5. The maximum Gasteiger partial charge on any atom is 0.193 e. The SMILES string of the molecule is Cc1csc(CCCCNC(=NCc2ccccc2)N(C)C)n1.I. The Kier molecular flexibility index (Phi) is 9.94. The summed E-state index contributed by atoms with van der Waals surface area (Å²) in [6.45, 7) is 3.70. The number of benzene rings is 1. The molecule has 0 fully saturated rings. The van der Waals surface area contributed by atoms with E-state index < -0.39 is 0 Å². The van der Waals surface area contributed by atoms with Crippen molar-refractivity contribution in [1.29, 1.82) is 0 Å². The molecule has 1 N–H and O–H groups in total. The van der Waals surface area contributed by atoms with Crippen molar-refractivity contribution in [2.24, 2.45) is 4.99 Å². The van der Waals surface area contributed by atoms with E-state index in [4.69, 9.17) is 0 Å². The zero-order valence-corrected chi connectivity index (χ0v) is 17.8. The van der Waals surface area contributed by atoms with Crippen LogP contribution in [0.5, 0.6) is 0 Å². The number of hydrogen-bond acceptors (Lipinski definition) is 3. The Hall–Kier alpha value is -1.15. The Bertz CT molecular complexity index is 610. The van der Waals surface area contributed by atoms with E-state index >= 15 is 0 Å². The minimum absolute atomic E-state index is 0. The van der Waals surface area contributed by atoms with E-state index in [9.17, 15) is 0 Å². The summed E-state index contributed by atoms with van der Waals surface area (Å²) in [6.07, 6.45) is 3.34. The van der Waals surface area contributed by atoms with Gasteiger partial charge in [-0.15, -0.1) is 35.3 Å². The third-order valence-electron chi connectivity index (χ3n) is 3.44. The van der Waals surface area contributed by atoms with Gasteiger partial charge in [0, 0.05) is 31.7 Å². The number of aryl methyl sites for hydroxylation is 2. The molecule has 0 aliphatic heterocycles. The van der Waals surface area contributed by atoms with Gasteiger partial charge in [0.1, 0.15) is 0 Å². The molecule has 0 saturated carbocycles. The molecule has 1 aromatic carbocycles. The maximum absolute atomic E-state index is 4.67. The van der Waals surface area contributed by atoms with Crippen molar-refractivity contribution in [3.63, 3.8) is 0 Å². The Morgan fingerprint density at radius 2 is 1.96 bits per heavy atom. The largest absolute Gasteiger partial charge is 0.356 e. The minimum atomic E-state index is 0. The molecule has 0 spiro atoms. The van der Waals surface area contributed by atoms with Gasteiger partial charge in [-0.05, 0) is 31.7 Å². The summed E-state index contributed by atoms with van der Waals surface area (Å²) < 4.78 is 0. The number of aliphatic imine (C=N–C) groups is 1. The molecule has 1 aromatic heterocycles. The van der Waals surface area contributed by atoms with Crippen LogP contribution in [0.1, 0.15) is 29.1 Å². The number of hydrogen-bond donors (Lipinski definition) is 1. The minimum Gasteiger partial charge on any atom is -0.356 e. The first kappa shape index (κ1) is 20.9. The number of rotatable bonds is 7. The van der Waals surface area contributed by atoms with Crippen LogP contribution in [-0.4, -0.2) is 36.5 Å². The van der Waals surface area contributed by atoms with Crippen LogP contribution in [0.15, 0.2) is 40.7 Å². The van der Waals surface area contributed by atoms with Gasteiger partial charge in [0.2, 0.25) is 0 Å². The molecule has 0 bridgehead atoms. The standard InChI is InChI=1S/C18H26N4S.HI/c1-15-14-23-17(21-15)11-7-8-12-19-18(22(2)3)20-13-16-9-5-4-6-10-16;/h4-6,9-10,14H,7-8,11-13H2,1-3H3,(H,19,20);1H. The molecule has 0 unspecified atom stereocenters. The molecule has 0 saturated heterocycles. The lowest BCUT2D eigenvalue weighted by atomic mass is 10.2. The quantitative estimate of drug-likeness (QED) is 0.294. The van der Waals surface area contributed by atoms with Crippen LogP contribution in [0.25, 0.3) is 0 Å². The van der Waals surface area contributed by atoms with Gasteiger partial charge >= 0.3 is 0 Å². The molecule has 24 heavy (non-hydrogen) atoms. The van der Waals surface area contributed by atoms with E-state index in [1.54, 1.807) is 11.3 Å². The van der Waals surface area contributed by atoms with Crippen molar-refractivity contribution in [3.05, 3.63) is 52.0 Å². The second-order valence-electron chi connectivity index (χ2n) is 5.79. The van der Waals surface area contributed by atoms with Gasteiger partial charge in [-0.25, -0.2) is 9.98 Å². The van der Waals surface area contributed by atoms with Gasteiger partial charge in [-0.3, -0.25) is 0 Å². The fourth-order valence-electron chi connectivity index (χ4n) is 2.22. The van der Waals surface area contributed by atoms with Gasteiger partial charge in [-0.1, -0.05) is 30.3 Å². The normalized spacial score (nSPS) is 11.0. The number of halogens is 1. The molecular weight excluding hydrogens is 431 g/mol. The van der Waals surface area contributed by atoms with E-state index in [1.165, 1.54) is 10.6 Å². The van der Waals surface area contributed by atoms with Crippen LogP contribution in [0.4, 0.5) is 0 Å². The number of guanidine groups is 1. The fourth-order valence-corrected chi connectivity index (χ4v) is 3.04. The van der Waals surface area contributed by atoms with Crippen molar-refractivity contribution < 1.29 is 0 Å². The van der Waals surface area contributed by atoms with Crippen molar-refractivity contribution in [3.8, 4) is 0 Å². The van der Waals surface area contributed by atoms with Crippen LogP contribution < -0.4 is 5.32 Å². The van der Waals surface area contributed by atoms with Crippen LogP contribution in [0.3, 0.4) is 0 Å². The van der Waals surface area contributed by atoms with Gasteiger partial charge in [0.25, 0.3) is 0 Å². The van der Waals surface area contributed by atoms with Gasteiger partial charge in [0.15, 0.2) is 5.96 Å². The smallest absolute Gasteiger partial charge is 0.193 e. The molecule has 0 aliphatic rings. The monoisotopic (exact) mass is 458 g/mol. The third-order valence-corrected chi connectivity index (χ3v) is 4.47. The summed E-state index contributed by atoms with van der Waals surface area (Å²) in [4.78, 5) is 11.2. The number of thiazole rings is 1. The second-order valence-corrected chi connectivity index (χ2v) is 6.73. The lowest BCUT2D eigenvalue weighted by molar-refractivity contribution is 0.570.